The lowest BCUT2D eigenvalue weighted by Gasteiger charge is -2.13. The van der Waals surface area contributed by atoms with Gasteiger partial charge in [-0.25, -0.2) is 0 Å². The van der Waals surface area contributed by atoms with Crippen LogP contribution >= 0.6 is 11.6 Å². The molecule has 3 N–H and O–H groups in total. The largest absolute Gasteiger partial charge is 0.505 e. The number of amides is 1. The number of halogens is 1. The fourth-order valence-corrected chi connectivity index (χ4v) is 4.89. The van der Waals surface area contributed by atoms with Gasteiger partial charge in [0, 0.05) is 5.39 Å². The van der Waals surface area contributed by atoms with E-state index in [1.54, 1.807) is 48.5 Å². The van der Waals surface area contributed by atoms with E-state index in [0.29, 0.717) is 34.2 Å². The molecule has 4 aromatic carbocycles. The Bertz CT molecular complexity index is 1650. The van der Waals surface area contributed by atoms with Crippen molar-refractivity contribution in [3.05, 3.63) is 82.9 Å². The van der Waals surface area contributed by atoms with Gasteiger partial charge in [0.15, 0.2) is 5.75 Å². The van der Waals surface area contributed by atoms with Crippen molar-refractivity contribution >= 4 is 55.5 Å². The first-order valence-corrected chi connectivity index (χ1v) is 12.9. The number of phenolic OH excluding ortho intramolecular Hbond substituents is 1. The summed E-state index contributed by atoms with van der Waals surface area (Å²) in [6, 6.07) is 18.0. The summed E-state index contributed by atoms with van der Waals surface area (Å²) in [5, 5.41) is 23.0. The minimum Gasteiger partial charge on any atom is -0.505 e. The molecule has 0 bridgehead atoms. The van der Waals surface area contributed by atoms with E-state index in [4.69, 9.17) is 16.3 Å². The van der Waals surface area contributed by atoms with Gasteiger partial charge >= 0.3 is 0 Å². The highest BCUT2D eigenvalue weighted by atomic mass is 35.5. The van der Waals surface area contributed by atoms with Crippen LogP contribution in [0.2, 0.25) is 5.02 Å². The number of ether oxygens (including phenoxy) is 1. The summed E-state index contributed by atoms with van der Waals surface area (Å²) in [7, 11) is -3.13. The number of rotatable bonds is 7. The number of carbonyl (C=O) groups is 1. The van der Waals surface area contributed by atoms with E-state index in [1.165, 1.54) is 25.3 Å². The number of azo groups is 1. The smallest absolute Gasteiger partial charge is 0.296 e. The molecule has 0 aliphatic carbocycles. The first-order chi connectivity index (χ1) is 17.7. The summed E-state index contributed by atoms with van der Waals surface area (Å²) in [4.78, 5) is 12.7. The number of aryl methyl sites for hydroxylation is 1. The van der Waals surface area contributed by atoms with Crippen LogP contribution in [0.4, 0.5) is 17.1 Å². The third-order valence-corrected chi connectivity index (χ3v) is 7.06. The molecule has 0 aliphatic heterocycles. The van der Waals surface area contributed by atoms with Crippen molar-refractivity contribution in [2.24, 2.45) is 10.2 Å². The molecule has 0 unspecified atom stereocenters. The van der Waals surface area contributed by atoms with Gasteiger partial charge in [-0.05, 0) is 41.6 Å². The molecule has 0 aromatic heterocycles. The molecule has 0 fully saturated rings. The Balaban J connectivity index is 1.85. The molecule has 0 radical (unpaired) electrons. The molecular weight excluding hydrogens is 518 g/mol. The Hall–Kier alpha value is -3.99. The number of aromatic hydroxyl groups is 1. The van der Waals surface area contributed by atoms with Gasteiger partial charge in [-0.1, -0.05) is 61.0 Å². The molecule has 1 amide bonds. The number of nitrogens with one attached hydrogen (secondary N) is 1. The lowest BCUT2D eigenvalue weighted by molar-refractivity contribution is 0.102. The maximum atomic E-state index is 13.2. The number of methoxy groups -OCH3 is 1. The van der Waals surface area contributed by atoms with Gasteiger partial charge < -0.3 is 15.2 Å². The number of nitrogens with zero attached hydrogens (tertiary/aromatic N) is 2. The molecule has 9 nitrogen and oxygen atoms in total. The number of para-hydroxylation sites is 2. The molecule has 4 rings (SSSR count). The first kappa shape index (κ1) is 26.1. The van der Waals surface area contributed by atoms with E-state index >= 15 is 0 Å². The molecule has 11 heteroatoms. The van der Waals surface area contributed by atoms with Crippen LogP contribution in [0.15, 0.2) is 81.9 Å². The third kappa shape index (κ3) is 5.26. The summed E-state index contributed by atoms with van der Waals surface area (Å²) >= 11 is 6.27. The SMILES string of the molecule is CCc1ccc(S(=O)(=O)O)c(Cl)c1N=Nc1c(O)c(C(=O)Nc2ccccc2OC)cc2ccccc12. The maximum absolute atomic E-state index is 13.2. The van der Waals surface area contributed by atoms with Gasteiger partial charge in [0.1, 0.15) is 22.0 Å². The van der Waals surface area contributed by atoms with Crippen molar-refractivity contribution < 1.29 is 27.6 Å². The van der Waals surface area contributed by atoms with Gasteiger partial charge in [-0.2, -0.15) is 8.42 Å². The fraction of sp³-hybridized carbons (Fsp3) is 0.115. The van der Waals surface area contributed by atoms with E-state index in [0.717, 1.165) is 0 Å². The number of carbonyl (C=O) groups excluding carboxylic acids is 1. The predicted molar refractivity (Wildman–Crippen MR) is 141 cm³/mol. The van der Waals surface area contributed by atoms with Gasteiger partial charge in [-0.15, -0.1) is 10.2 Å². The van der Waals surface area contributed by atoms with Crippen LogP contribution in [0.25, 0.3) is 10.8 Å². The van der Waals surface area contributed by atoms with E-state index in [-0.39, 0.29) is 22.0 Å². The zero-order valence-electron chi connectivity index (χ0n) is 19.8. The van der Waals surface area contributed by atoms with Gasteiger partial charge in [0.2, 0.25) is 0 Å². The van der Waals surface area contributed by atoms with Crippen LogP contribution in [0, 0.1) is 0 Å². The zero-order chi connectivity index (χ0) is 26.7. The summed E-state index contributed by atoms with van der Waals surface area (Å²) in [6.07, 6.45) is 0.438. The summed E-state index contributed by atoms with van der Waals surface area (Å²) in [6.45, 7) is 1.81. The Labute approximate surface area is 218 Å². The minimum absolute atomic E-state index is 0.0151. The average molecular weight is 540 g/mol. The molecule has 0 aliphatic rings. The molecule has 37 heavy (non-hydrogen) atoms. The lowest BCUT2D eigenvalue weighted by Crippen LogP contribution is -2.13. The van der Waals surface area contributed by atoms with Gasteiger partial charge in [-0.3, -0.25) is 9.35 Å². The molecule has 0 heterocycles. The van der Waals surface area contributed by atoms with Gasteiger partial charge in [0.25, 0.3) is 16.0 Å². The Morgan fingerprint density at radius 1 is 1.03 bits per heavy atom. The van der Waals surface area contributed by atoms with Crippen LogP contribution in [0.3, 0.4) is 0 Å². The van der Waals surface area contributed by atoms with Gasteiger partial charge in [0.05, 0.1) is 23.4 Å². The van der Waals surface area contributed by atoms with Crippen molar-refractivity contribution in [3.8, 4) is 11.5 Å². The molecule has 4 aromatic rings. The number of fused-ring (bicyclic) bond motifs is 1. The monoisotopic (exact) mass is 539 g/mol. The molecule has 0 saturated heterocycles. The van der Waals surface area contributed by atoms with Crippen molar-refractivity contribution in [1.29, 1.82) is 0 Å². The first-order valence-electron chi connectivity index (χ1n) is 11.0. The second-order valence-electron chi connectivity index (χ2n) is 7.91. The van der Waals surface area contributed by atoms with Crippen LogP contribution in [0.5, 0.6) is 11.5 Å². The van der Waals surface area contributed by atoms with Crippen LogP contribution < -0.4 is 10.1 Å². The Morgan fingerprint density at radius 2 is 1.70 bits per heavy atom. The highest BCUT2D eigenvalue weighted by Gasteiger charge is 2.22. The average Bonchev–Trinajstić information content (AvgIpc) is 2.87. The standard InChI is InChI=1S/C26H22ClN3O6S/c1-3-15-12-13-21(37(33,34)35)22(27)23(15)29-30-24-17-9-5-4-8-16(17)14-18(25(24)31)26(32)28-19-10-6-7-11-20(19)36-2/h4-14,31H,3H2,1-2H3,(H,28,32)(H,33,34,35). The van der Waals surface area contributed by atoms with Crippen molar-refractivity contribution in [2.45, 2.75) is 18.2 Å². The summed E-state index contributed by atoms with van der Waals surface area (Å²) < 4.78 is 38.2. The Kier molecular flexibility index (Phi) is 7.44. The van der Waals surface area contributed by atoms with E-state index in [9.17, 15) is 22.9 Å². The number of phenols is 1. The summed E-state index contributed by atoms with van der Waals surface area (Å²) in [5.41, 5.74) is 0.916. The highest BCUT2D eigenvalue weighted by molar-refractivity contribution is 7.86. The van der Waals surface area contributed by atoms with Crippen molar-refractivity contribution in [2.75, 3.05) is 12.4 Å². The number of anilines is 1. The maximum Gasteiger partial charge on any atom is 0.296 e. The summed E-state index contributed by atoms with van der Waals surface area (Å²) in [5.74, 6) is -0.601. The molecule has 0 saturated carbocycles. The second kappa shape index (κ2) is 10.6. The van der Waals surface area contributed by atoms with E-state index in [2.05, 4.69) is 15.5 Å². The van der Waals surface area contributed by atoms with E-state index in [1.807, 2.05) is 6.92 Å². The van der Waals surface area contributed by atoms with Crippen LogP contribution in [-0.4, -0.2) is 31.1 Å². The third-order valence-electron chi connectivity index (χ3n) is 5.67. The van der Waals surface area contributed by atoms with Crippen LogP contribution in [0.1, 0.15) is 22.8 Å². The lowest BCUT2D eigenvalue weighted by atomic mass is 10.0. The number of hydrogen-bond acceptors (Lipinski definition) is 7. The molecule has 0 atom stereocenters. The molecule has 190 valence electrons. The molecule has 0 spiro atoms. The topological polar surface area (TPSA) is 138 Å². The predicted octanol–water partition coefficient (Wildman–Crippen LogP) is 6.68. The van der Waals surface area contributed by atoms with Crippen LogP contribution in [-0.2, 0) is 16.5 Å². The number of benzene rings is 4. The fourth-order valence-electron chi connectivity index (χ4n) is 3.81. The minimum atomic E-state index is -4.61. The number of hydrogen-bond donors (Lipinski definition) is 3. The second-order valence-corrected chi connectivity index (χ2v) is 9.68. The Morgan fingerprint density at radius 3 is 2.41 bits per heavy atom. The highest BCUT2D eigenvalue weighted by Crippen LogP contribution is 2.42. The van der Waals surface area contributed by atoms with Crippen molar-refractivity contribution in [1.82, 2.24) is 0 Å². The zero-order valence-corrected chi connectivity index (χ0v) is 21.3. The quantitative estimate of drug-likeness (QED) is 0.177. The normalized spacial score (nSPS) is 11.7. The van der Waals surface area contributed by atoms with E-state index < -0.39 is 26.7 Å². The van der Waals surface area contributed by atoms with Crippen molar-refractivity contribution in [3.63, 3.8) is 0 Å². The molecular formula is C26H22ClN3O6S.